The van der Waals surface area contributed by atoms with Gasteiger partial charge >= 0.3 is 0 Å². The summed E-state index contributed by atoms with van der Waals surface area (Å²) in [6.45, 7) is 2.45. The molecule has 31 heavy (non-hydrogen) atoms. The molecule has 0 saturated heterocycles. The summed E-state index contributed by atoms with van der Waals surface area (Å²) in [5.74, 6) is 1.38. The maximum absolute atomic E-state index is 13.9. The highest BCUT2D eigenvalue weighted by molar-refractivity contribution is 14.0. The molecule has 1 heterocycles. The Morgan fingerprint density at radius 3 is 2.77 bits per heavy atom. The number of guanidine groups is 1. The highest BCUT2D eigenvalue weighted by Gasteiger charge is 2.12. The molecular formula is C21H24ClFIN5O2. The second-order valence-electron chi connectivity index (χ2n) is 6.53. The topological polar surface area (TPSA) is 84.6 Å². The predicted molar refractivity (Wildman–Crippen MR) is 130 cm³/mol. The predicted octanol–water partition coefficient (Wildman–Crippen LogP) is 4.62. The van der Waals surface area contributed by atoms with E-state index in [2.05, 4.69) is 25.8 Å². The average Bonchev–Trinajstić information content (AvgIpc) is 3.21. The summed E-state index contributed by atoms with van der Waals surface area (Å²) in [5.41, 5.74) is 1.57. The van der Waals surface area contributed by atoms with Crippen molar-refractivity contribution in [1.82, 2.24) is 20.8 Å². The Bertz CT molecular complexity index is 1030. The summed E-state index contributed by atoms with van der Waals surface area (Å²) < 4.78 is 24.2. The zero-order valence-corrected chi connectivity index (χ0v) is 20.4. The van der Waals surface area contributed by atoms with Crippen LogP contribution in [0.5, 0.6) is 5.75 Å². The number of hydrogen-bond acceptors (Lipinski definition) is 5. The average molecular weight is 560 g/mol. The number of aliphatic imine (C=N–C) groups is 1. The van der Waals surface area contributed by atoms with Crippen molar-refractivity contribution in [2.45, 2.75) is 19.4 Å². The minimum absolute atomic E-state index is 0. The van der Waals surface area contributed by atoms with Crippen LogP contribution in [0.2, 0.25) is 5.02 Å². The Hall–Kier alpha value is -2.40. The van der Waals surface area contributed by atoms with Crippen LogP contribution in [-0.2, 0) is 6.42 Å². The smallest absolute Gasteiger partial charge is 0.228 e. The summed E-state index contributed by atoms with van der Waals surface area (Å²) >= 11 is 6.00. The van der Waals surface area contributed by atoms with Crippen LogP contribution in [-0.4, -0.2) is 36.8 Å². The highest BCUT2D eigenvalue weighted by Crippen LogP contribution is 2.22. The SMILES string of the molecule is CN=C(NCCc1nc(-c2cccc(Cl)c2)no1)NC(C)c1ccc(OC)c(F)c1.I. The van der Waals surface area contributed by atoms with E-state index in [1.54, 1.807) is 25.2 Å². The number of nitrogens with zero attached hydrogens (tertiary/aromatic N) is 3. The lowest BCUT2D eigenvalue weighted by molar-refractivity contribution is 0.378. The molecule has 2 N–H and O–H groups in total. The van der Waals surface area contributed by atoms with Crippen molar-refractivity contribution in [3.63, 3.8) is 0 Å². The van der Waals surface area contributed by atoms with Gasteiger partial charge in [-0.3, -0.25) is 4.99 Å². The Morgan fingerprint density at radius 1 is 1.29 bits per heavy atom. The number of benzene rings is 2. The normalized spacial score (nSPS) is 12.1. The minimum Gasteiger partial charge on any atom is -0.494 e. The van der Waals surface area contributed by atoms with Crippen LogP contribution >= 0.6 is 35.6 Å². The van der Waals surface area contributed by atoms with E-state index in [0.29, 0.717) is 35.7 Å². The van der Waals surface area contributed by atoms with Gasteiger partial charge in [0.05, 0.1) is 13.2 Å². The Kier molecular flexibility index (Phi) is 9.50. The van der Waals surface area contributed by atoms with Gasteiger partial charge in [-0.1, -0.05) is 35.0 Å². The first-order chi connectivity index (χ1) is 14.5. The maximum atomic E-state index is 13.9. The van der Waals surface area contributed by atoms with E-state index in [9.17, 15) is 4.39 Å². The van der Waals surface area contributed by atoms with Crippen LogP contribution in [0.25, 0.3) is 11.4 Å². The van der Waals surface area contributed by atoms with Gasteiger partial charge in [0.1, 0.15) is 0 Å². The molecule has 0 saturated carbocycles. The van der Waals surface area contributed by atoms with Crippen molar-refractivity contribution >= 4 is 41.5 Å². The lowest BCUT2D eigenvalue weighted by atomic mass is 10.1. The molecule has 3 aromatic rings. The third-order valence-corrected chi connectivity index (χ3v) is 4.67. The quantitative estimate of drug-likeness (QED) is 0.250. The largest absolute Gasteiger partial charge is 0.494 e. The monoisotopic (exact) mass is 559 g/mol. The van der Waals surface area contributed by atoms with E-state index in [0.717, 1.165) is 11.1 Å². The van der Waals surface area contributed by atoms with Crippen molar-refractivity contribution in [2.24, 2.45) is 4.99 Å². The third kappa shape index (κ3) is 6.79. The van der Waals surface area contributed by atoms with Crippen LogP contribution in [0, 0.1) is 5.82 Å². The molecule has 1 unspecified atom stereocenters. The van der Waals surface area contributed by atoms with Gasteiger partial charge in [0.15, 0.2) is 17.5 Å². The van der Waals surface area contributed by atoms with Crippen molar-refractivity contribution in [2.75, 3.05) is 20.7 Å². The van der Waals surface area contributed by atoms with Gasteiger partial charge in [0, 0.05) is 30.6 Å². The summed E-state index contributed by atoms with van der Waals surface area (Å²) in [7, 11) is 3.10. The lowest BCUT2D eigenvalue weighted by Gasteiger charge is -2.18. The molecule has 166 valence electrons. The Labute approximate surface area is 202 Å². The molecule has 10 heteroatoms. The Morgan fingerprint density at radius 2 is 2.10 bits per heavy atom. The fourth-order valence-corrected chi connectivity index (χ4v) is 3.01. The van der Waals surface area contributed by atoms with Crippen LogP contribution in [0.3, 0.4) is 0 Å². The van der Waals surface area contributed by atoms with Crippen molar-refractivity contribution in [3.05, 3.63) is 64.8 Å². The van der Waals surface area contributed by atoms with E-state index in [-0.39, 0.29) is 35.8 Å². The molecule has 2 aromatic carbocycles. The van der Waals surface area contributed by atoms with Gasteiger partial charge in [0.25, 0.3) is 0 Å². The van der Waals surface area contributed by atoms with Crippen LogP contribution in [0.4, 0.5) is 4.39 Å². The van der Waals surface area contributed by atoms with Gasteiger partial charge in [-0.15, -0.1) is 24.0 Å². The first-order valence-electron chi connectivity index (χ1n) is 9.39. The molecular weight excluding hydrogens is 536 g/mol. The van der Waals surface area contributed by atoms with Crippen LogP contribution < -0.4 is 15.4 Å². The molecule has 7 nitrogen and oxygen atoms in total. The molecule has 0 aliphatic heterocycles. The van der Waals surface area contributed by atoms with Gasteiger partial charge < -0.3 is 19.9 Å². The van der Waals surface area contributed by atoms with Gasteiger partial charge in [-0.25, -0.2) is 4.39 Å². The summed E-state index contributed by atoms with van der Waals surface area (Å²) in [6, 6.07) is 12.0. The first kappa shape index (κ1) is 24.9. The molecule has 1 aromatic heterocycles. The van der Waals surface area contributed by atoms with Crippen LogP contribution in [0.1, 0.15) is 24.4 Å². The second-order valence-corrected chi connectivity index (χ2v) is 6.97. The summed E-state index contributed by atoms with van der Waals surface area (Å²) in [5, 5.41) is 11.0. The molecule has 0 bridgehead atoms. The maximum Gasteiger partial charge on any atom is 0.228 e. The van der Waals surface area contributed by atoms with E-state index in [1.807, 2.05) is 25.1 Å². The molecule has 0 radical (unpaired) electrons. The van der Waals surface area contributed by atoms with E-state index in [1.165, 1.54) is 13.2 Å². The summed E-state index contributed by atoms with van der Waals surface area (Å²) in [6.07, 6.45) is 0.514. The third-order valence-electron chi connectivity index (χ3n) is 4.43. The highest BCUT2D eigenvalue weighted by atomic mass is 127. The second kappa shape index (κ2) is 11.8. The zero-order valence-electron chi connectivity index (χ0n) is 17.4. The summed E-state index contributed by atoms with van der Waals surface area (Å²) in [4.78, 5) is 8.59. The van der Waals surface area contributed by atoms with Gasteiger partial charge in [0.2, 0.25) is 11.7 Å². The molecule has 1 atom stereocenters. The van der Waals surface area contributed by atoms with E-state index < -0.39 is 5.82 Å². The molecule has 0 amide bonds. The standard InChI is InChI=1S/C21H23ClFN5O2.HI/c1-13(14-7-8-18(29-3)17(23)12-14)26-21(24-2)25-10-9-19-27-20(28-30-19)15-5-4-6-16(22)11-15;/h4-8,11-13H,9-10H2,1-3H3,(H2,24,25,26);1H. The first-order valence-corrected chi connectivity index (χ1v) is 9.77. The number of ether oxygens (including phenoxy) is 1. The number of nitrogens with one attached hydrogen (secondary N) is 2. The number of halogens is 3. The number of aromatic nitrogens is 2. The number of hydrogen-bond donors (Lipinski definition) is 2. The van der Waals surface area contributed by atoms with Crippen molar-refractivity contribution in [1.29, 1.82) is 0 Å². The molecule has 0 spiro atoms. The van der Waals surface area contributed by atoms with Gasteiger partial charge in [-0.2, -0.15) is 4.98 Å². The van der Waals surface area contributed by atoms with E-state index in [4.69, 9.17) is 20.9 Å². The zero-order chi connectivity index (χ0) is 21.5. The fourth-order valence-electron chi connectivity index (χ4n) is 2.82. The van der Waals surface area contributed by atoms with Crippen molar-refractivity contribution in [3.8, 4) is 17.1 Å². The molecule has 0 aliphatic rings. The minimum atomic E-state index is -0.404. The van der Waals surface area contributed by atoms with E-state index >= 15 is 0 Å². The van der Waals surface area contributed by atoms with Gasteiger partial charge in [-0.05, 0) is 36.8 Å². The molecule has 0 aliphatic carbocycles. The molecule has 3 rings (SSSR count). The van der Waals surface area contributed by atoms with Crippen molar-refractivity contribution < 1.29 is 13.7 Å². The fraction of sp³-hybridized carbons (Fsp3) is 0.286. The molecule has 0 fully saturated rings. The number of methoxy groups -OCH3 is 1. The van der Waals surface area contributed by atoms with Crippen LogP contribution in [0.15, 0.2) is 52.0 Å². The Balaban J connectivity index is 0.00000341. The lowest BCUT2D eigenvalue weighted by Crippen LogP contribution is -2.39. The number of rotatable bonds is 7.